The number of hydrogen-bond acceptors (Lipinski definition) is 23. The van der Waals surface area contributed by atoms with Gasteiger partial charge in [-0.25, -0.2) is 0 Å². The lowest BCUT2D eigenvalue weighted by Gasteiger charge is -2.70. The van der Waals surface area contributed by atoms with Gasteiger partial charge in [-0.15, -0.1) is 0 Å². The molecule has 4 saturated carbocycles. The molecule has 23 heteroatoms. The fourth-order valence-electron chi connectivity index (χ4n) is 15.9. The molecule has 4 saturated heterocycles. The molecule has 76 heavy (non-hydrogen) atoms. The number of rotatable bonds is 16. The van der Waals surface area contributed by atoms with E-state index in [2.05, 4.69) is 40.7 Å². The summed E-state index contributed by atoms with van der Waals surface area (Å²) in [4.78, 5) is 0. The minimum atomic E-state index is -1.82. The van der Waals surface area contributed by atoms with E-state index in [-0.39, 0.29) is 34.5 Å². The van der Waals surface area contributed by atoms with E-state index in [1.807, 2.05) is 13.8 Å². The van der Waals surface area contributed by atoms with E-state index in [1.165, 1.54) is 0 Å². The van der Waals surface area contributed by atoms with Crippen molar-refractivity contribution in [2.24, 2.45) is 45.3 Å². The van der Waals surface area contributed by atoms with E-state index >= 15 is 0 Å². The highest BCUT2D eigenvalue weighted by molar-refractivity contribution is 5.20. The summed E-state index contributed by atoms with van der Waals surface area (Å²) in [5, 5.41) is 161. The fraction of sp³-hybridized carbons (Fsp3) is 0.962. The molecule has 30 atom stereocenters. The lowest BCUT2D eigenvalue weighted by Crippen LogP contribution is -2.67. The van der Waals surface area contributed by atoms with E-state index in [0.29, 0.717) is 38.5 Å². The van der Waals surface area contributed by atoms with E-state index < -0.39 is 178 Å². The van der Waals surface area contributed by atoms with Crippen LogP contribution in [0.2, 0.25) is 0 Å². The summed E-state index contributed by atoms with van der Waals surface area (Å²) in [7, 11) is 0. The zero-order valence-electron chi connectivity index (χ0n) is 44.8. The molecular formula is C53H90O23. The summed E-state index contributed by atoms with van der Waals surface area (Å²) in [6.45, 7) is 12.6. The molecule has 8 fully saturated rings. The molecule has 8 aliphatic rings. The summed E-state index contributed by atoms with van der Waals surface area (Å²) in [5.74, 6) is -0.371. The number of hydrogen-bond donors (Lipinski definition) is 15. The van der Waals surface area contributed by atoms with Gasteiger partial charge in [-0.2, -0.15) is 0 Å². The largest absolute Gasteiger partial charge is 0.394 e. The van der Waals surface area contributed by atoms with Crippen molar-refractivity contribution < 1.29 is 114 Å². The Labute approximate surface area is 444 Å². The predicted octanol–water partition coefficient (Wildman–Crippen LogP) is -2.59. The molecular weight excluding hydrogens is 1000 g/mol. The first-order valence-corrected chi connectivity index (χ1v) is 27.5. The Morgan fingerprint density at radius 2 is 1.05 bits per heavy atom. The highest BCUT2D eigenvalue weighted by Gasteiger charge is 2.71. The second kappa shape index (κ2) is 23.6. The zero-order valence-corrected chi connectivity index (χ0v) is 44.8. The van der Waals surface area contributed by atoms with Gasteiger partial charge in [0.05, 0.1) is 44.7 Å². The summed E-state index contributed by atoms with van der Waals surface area (Å²) in [5.41, 5.74) is -0.455. The summed E-state index contributed by atoms with van der Waals surface area (Å²) in [6.07, 6.45) is -25.5. The highest BCUT2D eigenvalue weighted by atomic mass is 16.8. The number of fused-ring (bicyclic) bond motifs is 5. The van der Waals surface area contributed by atoms with Gasteiger partial charge in [0, 0.05) is 0 Å². The molecule has 0 aromatic carbocycles. The van der Waals surface area contributed by atoms with Crippen molar-refractivity contribution in [1.29, 1.82) is 0 Å². The fourth-order valence-corrected chi connectivity index (χ4v) is 15.9. The lowest BCUT2D eigenvalue weighted by atomic mass is 9.35. The van der Waals surface area contributed by atoms with Crippen LogP contribution in [0.15, 0.2) is 11.6 Å². The molecule has 0 aromatic heterocycles. The van der Waals surface area contributed by atoms with Crippen LogP contribution in [0.1, 0.15) is 106 Å². The molecule has 8 rings (SSSR count). The second-order valence-electron chi connectivity index (χ2n) is 25.1. The van der Waals surface area contributed by atoms with Crippen molar-refractivity contribution in [3.63, 3.8) is 0 Å². The van der Waals surface area contributed by atoms with Crippen molar-refractivity contribution in [2.45, 2.75) is 247 Å². The van der Waals surface area contributed by atoms with Crippen LogP contribution in [0, 0.1) is 45.3 Å². The maximum Gasteiger partial charge on any atom is 0.187 e. The van der Waals surface area contributed by atoms with Crippen LogP contribution >= 0.6 is 0 Å². The standard InChI is InChI=1S/C53H90O23/c1-22(2)9-8-10-25(70-47-43(67)40(64)37(61)29(74-47)21-69-46-42(66)38(62)34(58)26(18-54)71-46)23-11-15-53(7)33(23)24(57)17-31-51(5)14-13-32(50(3,4)30(51)12-16-52(31,53)6)75-49-45(41(65)36(60)28(20-56)73-49)76-48-44(68)39(63)35(59)27(19-55)72-48/h9,23-49,54-68H,8,10-21H2,1-7H3. The molecule has 0 amide bonds. The normalized spacial score (nSPS) is 52.8. The maximum absolute atomic E-state index is 12.7. The van der Waals surface area contributed by atoms with E-state index in [1.54, 1.807) is 0 Å². The van der Waals surface area contributed by atoms with Crippen LogP contribution in [-0.2, 0) is 37.9 Å². The summed E-state index contributed by atoms with van der Waals surface area (Å²) < 4.78 is 48.6. The van der Waals surface area contributed by atoms with Crippen molar-refractivity contribution in [2.75, 3.05) is 26.4 Å². The van der Waals surface area contributed by atoms with Crippen molar-refractivity contribution >= 4 is 0 Å². The quantitative estimate of drug-likeness (QED) is 0.0557. The molecule has 0 aromatic rings. The maximum atomic E-state index is 12.7. The molecule has 15 N–H and O–H groups in total. The van der Waals surface area contributed by atoms with Crippen molar-refractivity contribution in [3.05, 3.63) is 11.6 Å². The Bertz CT molecular complexity index is 1940. The third kappa shape index (κ3) is 10.8. The number of aliphatic hydroxyl groups excluding tert-OH is 15. The Morgan fingerprint density at radius 3 is 1.64 bits per heavy atom. The number of aliphatic hydroxyl groups is 15. The van der Waals surface area contributed by atoms with Crippen LogP contribution in [0.5, 0.6) is 0 Å². The molecule has 4 heterocycles. The first kappa shape index (κ1) is 60.9. The SMILES string of the molecule is CC(C)=CCCC(OC1OC(COC2OC(CO)C(O)C(O)C2O)C(O)C(O)C1O)C1CCC2(C)C1C(O)CC1C3(C)CCC(OC4OC(CO)C(O)C(O)C4OC4OC(CO)C(O)C(O)C4O)C(C)(C)C3CCC12C. The number of ether oxygens (including phenoxy) is 8. The minimum absolute atomic E-state index is 0.0448. The molecule has 0 bridgehead atoms. The molecule has 440 valence electrons. The first-order valence-electron chi connectivity index (χ1n) is 27.5. The molecule has 23 nitrogen and oxygen atoms in total. The summed E-state index contributed by atoms with van der Waals surface area (Å²) >= 11 is 0. The first-order chi connectivity index (χ1) is 35.7. The molecule has 30 unspecified atom stereocenters. The Kier molecular flexibility index (Phi) is 18.9. The monoisotopic (exact) mass is 1090 g/mol. The van der Waals surface area contributed by atoms with Gasteiger partial charge in [-0.05, 0) is 117 Å². The molecule has 4 aliphatic heterocycles. The average Bonchev–Trinajstić information content (AvgIpc) is 3.92. The number of allylic oxidation sites excluding steroid dienone is 2. The third-order valence-electron chi connectivity index (χ3n) is 20.4. The van der Waals surface area contributed by atoms with Crippen molar-refractivity contribution in [3.8, 4) is 0 Å². The van der Waals surface area contributed by atoms with Crippen LogP contribution in [0.4, 0.5) is 0 Å². The van der Waals surface area contributed by atoms with Crippen molar-refractivity contribution in [1.82, 2.24) is 0 Å². The Hall–Kier alpha value is -1.18. The second-order valence-corrected chi connectivity index (χ2v) is 25.1. The van der Waals surface area contributed by atoms with E-state index in [4.69, 9.17) is 37.9 Å². The topological polar surface area (TPSA) is 377 Å². The van der Waals surface area contributed by atoms with Crippen LogP contribution < -0.4 is 0 Å². The lowest BCUT2D eigenvalue weighted by molar-refractivity contribution is -0.378. The third-order valence-corrected chi connectivity index (χ3v) is 20.4. The highest BCUT2D eigenvalue weighted by Crippen LogP contribution is 2.75. The molecule has 0 spiro atoms. The molecule has 4 aliphatic carbocycles. The van der Waals surface area contributed by atoms with Gasteiger partial charge in [0.15, 0.2) is 25.2 Å². The van der Waals surface area contributed by atoms with Crippen LogP contribution in [-0.4, -0.2) is 244 Å². The summed E-state index contributed by atoms with van der Waals surface area (Å²) in [6, 6.07) is 0. The van der Waals surface area contributed by atoms with E-state index in [9.17, 15) is 76.6 Å². The van der Waals surface area contributed by atoms with Gasteiger partial charge < -0.3 is 114 Å². The zero-order chi connectivity index (χ0) is 55.7. The average molecular weight is 1100 g/mol. The van der Waals surface area contributed by atoms with Gasteiger partial charge in [-0.1, -0.05) is 46.3 Å². The van der Waals surface area contributed by atoms with E-state index in [0.717, 1.165) is 24.8 Å². The minimum Gasteiger partial charge on any atom is -0.394 e. The van der Waals surface area contributed by atoms with Gasteiger partial charge in [0.1, 0.15) is 97.7 Å². The Balaban J connectivity index is 0.993. The van der Waals surface area contributed by atoms with Gasteiger partial charge >= 0.3 is 0 Å². The smallest absolute Gasteiger partial charge is 0.187 e. The van der Waals surface area contributed by atoms with Gasteiger partial charge in [-0.3, -0.25) is 0 Å². The van der Waals surface area contributed by atoms with Gasteiger partial charge in [0.25, 0.3) is 0 Å². The van der Waals surface area contributed by atoms with Crippen LogP contribution in [0.25, 0.3) is 0 Å². The van der Waals surface area contributed by atoms with Gasteiger partial charge in [0.2, 0.25) is 0 Å². The molecule has 0 radical (unpaired) electrons. The Morgan fingerprint density at radius 1 is 0.539 bits per heavy atom. The predicted molar refractivity (Wildman–Crippen MR) is 262 cm³/mol. The van der Waals surface area contributed by atoms with Crippen LogP contribution in [0.3, 0.4) is 0 Å².